The minimum atomic E-state index is -4.43. The van der Waals surface area contributed by atoms with E-state index in [4.69, 9.17) is 4.55 Å². The Kier molecular flexibility index (Phi) is 2.53. The van der Waals surface area contributed by atoms with Crippen LogP contribution in [0.4, 0.5) is 4.39 Å². The molecule has 0 bridgehead atoms. The van der Waals surface area contributed by atoms with Crippen LogP contribution in [-0.4, -0.2) is 20.1 Å². The summed E-state index contributed by atoms with van der Waals surface area (Å²) in [6, 6.07) is 3.26. The maximum atomic E-state index is 12.9. The summed E-state index contributed by atoms with van der Waals surface area (Å²) in [5.74, 6) is -1.32. The standard InChI is InChI=1S/C7H7FO4S/c1-12-7-5(8)3-2-4-6(7)13(9,10)11/h2-4H,1H3,(H,9,10,11). The second-order valence-electron chi connectivity index (χ2n) is 2.25. The van der Waals surface area contributed by atoms with Crippen molar-refractivity contribution in [3.63, 3.8) is 0 Å². The third-order valence-electron chi connectivity index (χ3n) is 1.41. The third kappa shape index (κ3) is 1.96. The van der Waals surface area contributed by atoms with E-state index >= 15 is 0 Å². The minimum Gasteiger partial charge on any atom is -0.492 e. The highest BCUT2D eigenvalue weighted by atomic mass is 32.2. The van der Waals surface area contributed by atoms with Gasteiger partial charge in [0, 0.05) is 0 Å². The van der Waals surface area contributed by atoms with Crippen molar-refractivity contribution in [2.45, 2.75) is 4.90 Å². The van der Waals surface area contributed by atoms with E-state index in [9.17, 15) is 12.8 Å². The molecule has 1 N–H and O–H groups in total. The monoisotopic (exact) mass is 206 g/mol. The average Bonchev–Trinajstić information content (AvgIpc) is 2.02. The lowest BCUT2D eigenvalue weighted by Crippen LogP contribution is -2.02. The number of halogens is 1. The molecule has 13 heavy (non-hydrogen) atoms. The SMILES string of the molecule is COc1c(F)cccc1S(=O)(=O)O. The van der Waals surface area contributed by atoms with Crippen LogP contribution >= 0.6 is 0 Å². The van der Waals surface area contributed by atoms with Gasteiger partial charge >= 0.3 is 0 Å². The van der Waals surface area contributed by atoms with Crippen LogP contribution in [0.1, 0.15) is 0 Å². The molecule has 0 aliphatic rings. The van der Waals surface area contributed by atoms with Crippen LogP contribution < -0.4 is 4.74 Å². The predicted molar refractivity (Wildman–Crippen MR) is 42.8 cm³/mol. The van der Waals surface area contributed by atoms with E-state index in [0.29, 0.717) is 0 Å². The molecule has 0 spiro atoms. The van der Waals surface area contributed by atoms with Gasteiger partial charge in [-0.05, 0) is 12.1 Å². The molecule has 0 saturated carbocycles. The molecule has 0 fully saturated rings. The van der Waals surface area contributed by atoms with Gasteiger partial charge in [-0.1, -0.05) is 6.07 Å². The van der Waals surface area contributed by atoms with E-state index in [0.717, 1.165) is 19.2 Å². The first kappa shape index (κ1) is 9.94. The van der Waals surface area contributed by atoms with Crippen molar-refractivity contribution in [2.75, 3.05) is 7.11 Å². The third-order valence-corrected chi connectivity index (χ3v) is 2.29. The van der Waals surface area contributed by atoms with Crippen molar-refractivity contribution >= 4 is 10.1 Å². The molecule has 72 valence electrons. The summed E-state index contributed by atoms with van der Waals surface area (Å²) in [7, 11) is -3.31. The Balaban J connectivity index is 3.47. The van der Waals surface area contributed by atoms with Gasteiger partial charge in [-0.25, -0.2) is 4.39 Å². The summed E-state index contributed by atoms with van der Waals surface area (Å²) >= 11 is 0. The Bertz CT molecular complexity index is 413. The van der Waals surface area contributed by atoms with Crippen LogP contribution in [0.5, 0.6) is 5.75 Å². The van der Waals surface area contributed by atoms with Crippen LogP contribution in [0.25, 0.3) is 0 Å². The Morgan fingerprint density at radius 2 is 2.08 bits per heavy atom. The lowest BCUT2D eigenvalue weighted by molar-refractivity contribution is 0.370. The largest absolute Gasteiger partial charge is 0.492 e. The van der Waals surface area contributed by atoms with Gasteiger partial charge in [-0.15, -0.1) is 0 Å². The van der Waals surface area contributed by atoms with Crippen LogP contribution in [0.3, 0.4) is 0 Å². The normalized spacial score (nSPS) is 11.3. The molecule has 0 radical (unpaired) electrons. The van der Waals surface area contributed by atoms with Crippen molar-refractivity contribution in [3.05, 3.63) is 24.0 Å². The lowest BCUT2D eigenvalue weighted by atomic mass is 10.3. The Labute approximate surface area is 74.7 Å². The number of hydrogen-bond acceptors (Lipinski definition) is 3. The molecule has 6 heteroatoms. The van der Waals surface area contributed by atoms with Crippen LogP contribution in [0.15, 0.2) is 23.1 Å². The fourth-order valence-corrected chi connectivity index (χ4v) is 1.56. The van der Waals surface area contributed by atoms with E-state index in [1.165, 1.54) is 6.07 Å². The van der Waals surface area contributed by atoms with Gasteiger partial charge in [0.05, 0.1) is 7.11 Å². The molecule has 0 unspecified atom stereocenters. The molecule has 0 aliphatic heterocycles. The molecule has 0 atom stereocenters. The summed E-state index contributed by atoms with van der Waals surface area (Å²) in [5.41, 5.74) is 0. The first-order chi connectivity index (χ1) is 5.96. The maximum absolute atomic E-state index is 12.9. The van der Waals surface area contributed by atoms with E-state index in [1.54, 1.807) is 0 Å². The van der Waals surface area contributed by atoms with Crippen molar-refractivity contribution in [1.82, 2.24) is 0 Å². The van der Waals surface area contributed by atoms with Crippen LogP contribution in [0, 0.1) is 5.82 Å². The van der Waals surface area contributed by atoms with Gasteiger partial charge in [0.2, 0.25) is 0 Å². The van der Waals surface area contributed by atoms with E-state index in [1.807, 2.05) is 0 Å². The lowest BCUT2D eigenvalue weighted by Gasteiger charge is -2.05. The number of benzene rings is 1. The fraction of sp³-hybridized carbons (Fsp3) is 0.143. The second kappa shape index (κ2) is 3.31. The first-order valence-corrected chi connectivity index (χ1v) is 4.71. The molecule has 1 aromatic rings. The number of hydrogen-bond donors (Lipinski definition) is 1. The zero-order chi connectivity index (χ0) is 10.1. The topological polar surface area (TPSA) is 63.6 Å². The van der Waals surface area contributed by atoms with Gasteiger partial charge in [0.25, 0.3) is 10.1 Å². The fourth-order valence-electron chi connectivity index (χ4n) is 0.890. The predicted octanol–water partition coefficient (Wildman–Crippen LogP) is 1.08. The Morgan fingerprint density at radius 3 is 2.46 bits per heavy atom. The van der Waals surface area contributed by atoms with Crippen molar-refractivity contribution in [1.29, 1.82) is 0 Å². The van der Waals surface area contributed by atoms with E-state index in [-0.39, 0.29) is 0 Å². The molecular weight excluding hydrogens is 199 g/mol. The van der Waals surface area contributed by atoms with Gasteiger partial charge in [0.1, 0.15) is 4.90 Å². The van der Waals surface area contributed by atoms with Gasteiger partial charge < -0.3 is 4.74 Å². The zero-order valence-corrected chi connectivity index (χ0v) is 7.51. The molecule has 4 nitrogen and oxygen atoms in total. The number of rotatable bonds is 2. The highest BCUT2D eigenvalue weighted by molar-refractivity contribution is 7.86. The van der Waals surface area contributed by atoms with Crippen molar-refractivity contribution < 1.29 is 22.1 Å². The minimum absolute atomic E-state index is 0.481. The molecule has 0 aliphatic carbocycles. The number of para-hydroxylation sites is 1. The van der Waals surface area contributed by atoms with Crippen LogP contribution in [-0.2, 0) is 10.1 Å². The molecule has 0 amide bonds. The summed E-state index contributed by atoms with van der Waals surface area (Å²) in [5, 5.41) is 0. The first-order valence-electron chi connectivity index (χ1n) is 3.27. The van der Waals surface area contributed by atoms with Crippen molar-refractivity contribution in [3.8, 4) is 5.75 Å². The number of methoxy groups -OCH3 is 1. The zero-order valence-electron chi connectivity index (χ0n) is 6.69. The molecular formula is C7H7FO4S. The van der Waals surface area contributed by atoms with Gasteiger partial charge in [0.15, 0.2) is 11.6 Å². The Morgan fingerprint density at radius 1 is 1.46 bits per heavy atom. The van der Waals surface area contributed by atoms with Crippen molar-refractivity contribution in [2.24, 2.45) is 0 Å². The van der Waals surface area contributed by atoms with E-state index in [2.05, 4.69) is 4.74 Å². The second-order valence-corrected chi connectivity index (χ2v) is 3.64. The van der Waals surface area contributed by atoms with Crippen LogP contribution in [0.2, 0.25) is 0 Å². The Hall–Kier alpha value is -1.14. The molecule has 1 rings (SSSR count). The molecule has 0 heterocycles. The number of ether oxygens (including phenoxy) is 1. The highest BCUT2D eigenvalue weighted by Gasteiger charge is 2.18. The van der Waals surface area contributed by atoms with E-state index < -0.39 is 26.6 Å². The molecule has 1 aromatic carbocycles. The summed E-state index contributed by atoms with van der Waals surface area (Å²) < 4.78 is 47.4. The van der Waals surface area contributed by atoms with Gasteiger partial charge in [-0.2, -0.15) is 8.42 Å². The summed E-state index contributed by atoms with van der Waals surface area (Å²) in [4.78, 5) is -0.574. The molecule has 0 aromatic heterocycles. The summed E-state index contributed by atoms with van der Waals surface area (Å²) in [6.07, 6.45) is 0. The highest BCUT2D eigenvalue weighted by Crippen LogP contribution is 2.25. The van der Waals surface area contributed by atoms with Gasteiger partial charge in [-0.3, -0.25) is 4.55 Å². The quantitative estimate of drug-likeness (QED) is 0.735. The smallest absolute Gasteiger partial charge is 0.298 e. The maximum Gasteiger partial charge on any atom is 0.298 e. The molecule has 0 saturated heterocycles. The summed E-state index contributed by atoms with van der Waals surface area (Å²) in [6.45, 7) is 0. The average molecular weight is 206 g/mol.